The maximum absolute atomic E-state index is 13.0. The van der Waals surface area contributed by atoms with E-state index in [0.29, 0.717) is 29.8 Å². The lowest BCUT2D eigenvalue weighted by Gasteiger charge is -2.37. The van der Waals surface area contributed by atoms with Gasteiger partial charge >= 0.3 is 5.63 Å². The van der Waals surface area contributed by atoms with Gasteiger partial charge in [-0.3, -0.25) is 4.79 Å². The molecule has 29 heavy (non-hydrogen) atoms. The van der Waals surface area contributed by atoms with Gasteiger partial charge < -0.3 is 19.0 Å². The third-order valence-corrected chi connectivity index (χ3v) is 5.66. The van der Waals surface area contributed by atoms with Gasteiger partial charge in [-0.05, 0) is 49.2 Å². The van der Waals surface area contributed by atoms with Crippen LogP contribution in [0.15, 0.2) is 51.7 Å². The molecule has 3 aromatic rings. The predicted octanol–water partition coefficient (Wildman–Crippen LogP) is 3.38. The van der Waals surface area contributed by atoms with Gasteiger partial charge in [-0.1, -0.05) is 12.1 Å². The zero-order valence-corrected chi connectivity index (χ0v) is 16.9. The van der Waals surface area contributed by atoms with Crippen LogP contribution in [-0.4, -0.2) is 44.1 Å². The second-order valence-electron chi connectivity index (χ2n) is 7.35. The lowest BCUT2D eigenvalue weighted by molar-refractivity contribution is 0.0742. The van der Waals surface area contributed by atoms with Crippen molar-refractivity contribution in [2.75, 3.05) is 38.2 Å². The summed E-state index contributed by atoms with van der Waals surface area (Å²) in [5.74, 6) is 0.319. The summed E-state index contributed by atoms with van der Waals surface area (Å²) in [5, 5.41) is 0.697. The highest BCUT2D eigenvalue weighted by molar-refractivity contribution is 5.97. The van der Waals surface area contributed by atoms with Gasteiger partial charge in [0, 0.05) is 43.3 Å². The molecule has 2 heterocycles. The first-order chi connectivity index (χ1) is 14.0. The largest absolute Gasteiger partial charge is 0.497 e. The Labute approximate surface area is 169 Å². The van der Waals surface area contributed by atoms with Gasteiger partial charge in [0.1, 0.15) is 16.9 Å². The standard InChI is InChI=1S/C23H24N2O4/c1-15-5-4-6-20(16(15)2)24-9-11-25(12-10-24)22(26)19-13-17-7-8-18(28-3)14-21(17)29-23(19)27/h4-8,13-14H,9-12H2,1-3H3. The highest BCUT2D eigenvalue weighted by Gasteiger charge is 2.25. The van der Waals surface area contributed by atoms with E-state index in [-0.39, 0.29) is 11.5 Å². The molecule has 0 atom stereocenters. The van der Waals surface area contributed by atoms with Gasteiger partial charge in [0.25, 0.3) is 5.91 Å². The van der Waals surface area contributed by atoms with Crippen LogP contribution in [-0.2, 0) is 0 Å². The quantitative estimate of drug-likeness (QED) is 0.640. The number of piperazine rings is 1. The zero-order chi connectivity index (χ0) is 20.5. The minimum atomic E-state index is -0.618. The number of fused-ring (bicyclic) bond motifs is 1. The van der Waals surface area contributed by atoms with Crippen molar-refractivity contribution < 1.29 is 13.9 Å². The summed E-state index contributed by atoms with van der Waals surface area (Å²) in [5.41, 5.74) is 3.58. The smallest absolute Gasteiger partial charge is 0.349 e. The van der Waals surface area contributed by atoms with E-state index in [1.54, 1.807) is 36.3 Å². The van der Waals surface area contributed by atoms with Crippen LogP contribution >= 0.6 is 0 Å². The summed E-state index contributed by atoms with van der Waals surface area (Å²) in [6.45, 7) is 6.81. The molecule has 1 amide bonds. The molecule has 1 fully saturated rings. The topological polar surface area (TPSA) is 63.0 Å². The van der Waals surface area contributed by atoms with E-state index in [2.05, 4.69) is 36.9 Å². The Bertz CT molecular complexity index is 1130. The second kappa shape index (κ2) is 7.62. The van der Waals surface area contributed by atoms with Crippen LogP contribution in [0.5, 0.6) is 5.75 Å². The number of hydrogen-bond donors (Lipinski definition) is 0. The summed E-state index contributed by atoms with van der Waals surface area (Å²) >= 11 is 0. The van der Waals surface area contributed by atoms with Crippen molar-refractivity contribution in [1.82, 2.24) is 4.90 Å². The Morgan fingerprint density at radius 3 is 2.52 bits per heavy atom. The molecule has 6 heteroatoms. The van der Waals surface area contributed by atoms with Gasteiger partial charge in [-0.15, -0.1) is 0 Å². The van der Waals surface area contributed by atoms with E-state index in [0.717, 1.165) is 13.1 Å². The molecule has 0 N–H and O–H groups in total. The molecule has 0 radical (unpaired) electrons. The summed E-state index contributed by atoms with van der Waals surface area (Å²) in [4.78, 5) is 29.4. The maximum Gasteiger partial charge on any atom is 0.349 e. The molecule has 150 valence electrons. The fourth-order valence-electron chi connectivity index (χ4n) is 3.77. The molecule has 0 unspecified atom stereocenters. The van der Waals surface area contributed by atoms with Crippen molar-refractivity contribution in [1.29, 1.82) is 0 Å². The third kappa shape index (κ3) is 3.58. The minimum Gasteiger partial charge on any atom is -0.497 e. The number of amides is 1. The first-order valence-corrected chi connectivity index (χ1v) is 9.70. The normalized spacial score (nSPS) is 14.3. The maximum atomic E-state index is 13.0. The van der Waals surface area contributed by atoms with Gasteiger partial charge in [-0.2, -0.15) is 0 Å². The molecule has 0 aliphatic carbocycles. The SMILES string of the molecule is COc1ccc2cc(C(=O)N3CCN(c4cccc(C)c4C)CC3)c(=O)oc2c1. The van der Waals surface area contributed by atoms with Crippen molar-refractivity contribution in [3.05, 3.63) is 69.6 Å². The Kier molecular flexibility index (Phi) is 5.01. The summed E-state index contributed by atoms with van der Waals surface area (Å²) in [6, 6.07) is 13.1. The van der Waals surface area contributed by atoms with Crippen LogP contribution < -0.4 is 15.3 Å². The van der Waals surface area contributed by atoms with Crippen molar-refractivity contribution >= 4 is 22.6 Å². The Balaban J connectivity index is 1.53. The number of aryl methyl sites for hydroxylation is 1. The summed E-state index contributed by atoms with van der Waals surface area (Å²) < 4.78 is 10.5. The van der Waals surface area contributed by atoms with Crippen LogP contribution in [0.3, 0.4) is 0 Å². The lowest BCUT2D eigenvalue weighted by atomic mass is 10.1. The molecule has 4 rings (SSSR count). The molecule has 2 aromatic carbocycles. The first kappa shape index (κ1) is 19.1. The van der Waals surface area contributed by atoms with Gasteiger partial charge in [0.05, 0.1) is 7.11 Å². The summed E-state index contributed by atoms with van der Waals surface area (Å²) in [6.07, 6.45) is 0. The van der Waals surface area contributed by atoms with E-state index in [4.69, 9.17) is 9.15 Å². The van der Waals surface area contributed by atoms with Gasteiger partial charge in [0.15, 0.2) is 0 Å². The monoisotopic (exact) mass is 392 g/mol. The lowest BCUT2D eigenvalue weighted by Crippen LogP contribution is -2.49. The van der Waals surface area contributed by atoms with E-state index in [1.807, 2.05) is 0 Å². The van der Waals surface area contributed by atoms with Gasteiger partial charge in [0.2, 0.25) is 0 Å². The molecule has 1 aromatic heterocycles. The fourth-order valence-corrected chi connectivity index (χ4v) is 3.77. The number of hydrogen-bond acceptors (Lipinski definition) is 5. The van der Waals surface area contributed by atoms with Crippen molar-refractivity contribution in [3.63, 3.8) is 0 Å². The van der Waals surface area contributed by atoms with Crippen LogP contribution in [0.1, 0.15) is 21.5 Å². The van der Waals surface area contributed by atoms with Crippen LogP contribution in [0.2, 0.25) is 0 Å². The van der Waals surface area contributed by atoms with Crippen molar-refractivity contribution in [2.24, 2.45) is 0 Å². The average Bonchev–Trinajstić information content (AvgIpc) is 2.74. The first-order valence-electron chi connectivity index (χ1n) is 9.70. The Hall–Kier alpha value is -3.28. The van der Waals surface area contributed by atoms with E-state index >= 15 is 0 Å². The van der Waals surface area contributed by atoms with Crippen LogP contribution in [0, 0.1) is 13.8 Å². The number of ether oxygens (including phenoxy) is 1. The molecule has 6 nitrogen and oxygen atoms in total. The fraction of sp³-hybridized carbons (Fsp3) is 0.304. The van der Waals surface area contributed by atoms with E-state index in [1.165, 1.54) is 16.8 Å². The average molecular weight is 392 g/mol. The predicted molar refractivity (Wildman–Crippen MR) is 113 cm³/mol. The molecule has 1 aliphatic rings. The minimum absolute atomic E-state index is 0.0721. The van der Waals surface area contributed by atoms with E-state index < -0.39 is 5.63 Å². The highest BCUT2D eigenvalue weighted by atomic mass is 16.5. The Morgan fingerprint density at radius 2 is 1.79 bits per heavy atom. The number of methoxy groups -OCH3 is 1. The Morgan fingerprint density at radius 1 is 1.03 bits per heavy atom. The van der Waals surface area contributed by atoms with Gasteiger partial charge in [-0.25, -0.2) is 4.79 Å². The van der Waals surface area contributed by atoms with Crippen molar-refractivity contribution in [2.45, 2.75) is 13.8 Å². The molecular formula is C23H24N2O4. The number of benzene rings is 2. The van der Waals surface area contributed by atoms with Crippen molar-refractivity contribution in [3.8, 4) is 5.75 Å². The number of carbonyl (C=O) groups is 1. The second-order valence-corrected chi connectivity index (χ2v) is 7.35. The molecular weight excluding hydrogens is 368 g/mol. The summed E-state index contributed by atoms with van der Waals surface area (Å²) in [7, 11) is 1.55. The zero-order valence-electron chi connectivity index (χ0n) is 16.9. The molecule has 0 bridgehead atoms. The molecule has 0 saturated carbocycles. The molecule has 0 spiro atoms. The third-order valence-electron chi connectivity index (χ3n) is 5.66. The van der Waals surface area contributed by atoms with Crippen LogP contribution in [0.25, 0.3) is 11.0 Å². The molecule has 1 aliphatic heterocycles. The number of nitrogens with zero attached hydrogens (tertiary/aromatic N) is 2. The number of rotatable bonds is 3. The van der Waals surface area contributed by atoms with Crippen LogP contribution in [0.4, 0.5) is 5.69 Å². The van der Waals surface area contributed by atoms with E-state index in [9.17, 15) is 9.59 Å². The molecule has 1 saturated heterocycles. The number of carbonyl (C=O) groups excluding carboxylic acids is 1. The highest BCUT2D eigenvalue weighted by Crippen LogP contribution is 2.25. The number of anilines is 1.